The molecule has 2 atom stereocenters. The van der Waals surface area contributed by atoms with E-state index < -0.39 is 6.36 Å². The molecule has 6 nitrogen and oxygen atoms in total. The number of amides is 1. The van der Waals surface area contributed by atoms with Gasteiger partial charge < -0.3 is 24.0 Å². The number of piperidine rings is 1. The van der Waals surface area contributed by atoms with E-state index in [0.29, 0.717) is 18.7 Å². The molecular weight excluding hydrogens is 492 g/mol. The minimum atomic E-state index is -4.77. The fourth-order valence-electron chi connectivity index (χ4n) is 4.77. The molecule has 2 saturated heterocycles. The summed E-state index contributed by atoms with van der Waals surface area (Å²) < 4.78 is 66.0. The normalized spacial score (nSPS) is 21.2. The Morgan fingerprint density at radius 1 is 1.05 bits per heavy atom. The average Bonchev–Trinajstić information content (AvgIpc) is 3.28. The van der Waals surface area contributed by atoms with Gasteiger partial charge in [0.15, 0.2) is 6.29 Å². The fourth-order valence-corrected chi connectivity index (χ4v) is 4.77. The molecule has 2 aliphatic rings. The molecule has 0 aromatic heterocycles. The van der Waals surface area contributed by atoms with Gasteiger partial charge in [-0.15, -0.1) is 13.2 Å². The van der Waals surface area contributed by atoms with Crippen molar-refractivity contribution >= 4 is 5.91 Å². The van der Waals surface area contributed by atoms with E-state index in [2.05, 4.69) is 9.64 Å². The first-order valence-electron chi connectivity index (χ1n) is 12.5. The highest BCUT2D eigenvalue weighted by atomic mass is 19.4. The summed E-state index contributed by atoms with van der Waals surface area (Å²) in [6, 6.07) is 11.4. The van der Waals surface area contributed by atoms with Crippen LogP contribution in [-0.4, -0.2) is 66.7 Å². The minimum Gasteiger partial charge on any atom is -0.406 e. The molecule has 202 valence electrons. The van der Waals surface area contributed by atoms with E-state index in [9.17, 15) is 22.4 Å². The van der Waals surface area contributed by atoms with Crippen molar-refractivity contribution in [1.82, 2.24) is 9.80 Å². The van der Waals surface area contributed by atoms with Crippen LogP contribution >= 0.6 is 0 Å². The number of hydrogen-bond donors (Lipinski definition) is 0. The van der Waals surface area contributed by atoms with Crippen LogP contribution in [0.3, 0.4) is 0 Å². The largest absolute Gasteiger partial charge is 0.573 e. The van der Waals surface area contributed by atoms with Gasteiger partial charge in [0.05, 0.1) is 19.1 Å². The average molecular weight is 525 g/mol. The highest BCUT2D eigenvalue weighted by Crippen LogP contribution is 2.25. The summed E-state index contributed by atoms with van der Waals surface area (Å²) >= 11 is 0. The van der Waals surface area contributed by atoms with Crippen LogP contribution in [0.15, 0.2) is 48.5 Å². The summed E-state index contributed by atoms with van der Waals surface area (Å²) in [5.41, 5.74) is 1.41. The molecule has 2 heterocycles. The maximum Gasteiger partial charge on any atom is 0.573 e. The smallest absolute Gasteiger partial charge is 0.406 e. The van der Waals surface area contributed by atoms with Crippen LogP contribution in [0.1, 0.15) is 37.3 Å². The van der Waals surface area contributed by atoms with E-state index in [0.717, 1.165) is 44.5 Å². The second-order valence-electron chi connectivity index (χ2n) is 9.59. The van der Waals surface area contributed by atoms with Gasteiger partial charge in [0.25, 0.3) is 0 Å². The van der Waals surface area contributed by atoms with E-state index in [-0.39, 0.29) is 42.3 Å². The zero-order valence-corrected chi connectivity index (χ0v) is 20.8. The fraction of sp³-hybridized carbons (Fsp3) is 0.519. The SMILES string of the molecule is CC1COC(CCN2CCC(N(Cc3ccc(F)cc3)C(=O)Cc3ccc(OC(F)(F)F)cc3)CC2)O1. The number of carbonyl (C=O) groups excluding carboxylic acids is 1. The van der Waals surface area contributed by atoms with E-state index in [1.165, 1.54) is 36.4 Å². The molecule has 2 fully saturated rings. The molecule has 4 rings (SSSR count). The van der Waals surface area contributed by atoms with Crippen molar-refractivity contribution in [3.63, 3.8) is 0 Å². The van der Waals surface area contributed by atoms with Gasteiger partial charge in [-0.05, 0) is 55.2 Å². The maximum absolute atomic E-state index is 13.4. The molecule has 0 spiro atoms. The third-order valence-corrected chi connectivity index (χ3v) is 6.68. The van der Waals surface area contributed by atoms with Gasteiger partial charge in [-0.3, -0.25) is 4.79 Å². The predicted octanol–water partition coefficient (Wildman–Crippen LogP) is 4.91. The number of likely N-dealkylation sites (tertiary alicyclic amines) is 1. The van der Waals surface area contributed by atoms with Gasteiger partial charge >= 0.3 is 6.36 Å². The van der Waals surface area contributed by atoms with Crippen molar-refractivity contribution in [2.24, 2.45) is 0 Å². The lowest BCUT2D eigenvalue weighted by Crippen LogP contribution is -2.48. The molecule has 0 aliphatic carbocycles. The predicted molar refractivity (Wildman–Crippen MR) is 128 cm³/mol. The molecule has 2 aromatic rings. The summed E-state index contributed by atoms with van der Waals surface area (Å²) in [5.74, 6) is -0.808. The van der Waals surface area contributed by atoms with Crippen LogP contribution in [0, 0.1) is 5.82 Å². The van der Waals surface area contributed by atoms with Crippen molar-refractivity contribution in [1.29, 1.82) is 0 Å². The monoisotopic (exact) mass is 524 g/mol. The van der Waals surface area contributed by atoms with Crippen molar-refractivity contribution in [2.45, 2.75) is 63.9 Å². The Labute approximate surface area is 214 Å². The van der Waals surface area contributed by atoms with Gasteiger partial charge in [0.1, 0.15) is 11.6 Å². The quantitative estimate of drug-likeness (QED) is 0.437. The second-order valence-corrected chi connectivity index (χ2v) is 9.59. The first-order valence-corrected chi connectivity index (χ1v) is 12.5. The van der Waals surface area contributed by atoms with Gasteiger partial charge in [-0.2, -0.15) is 0 Å². The Morgan fingerprint density at radius 2 is 1.70 bits per heavy atom. The third-order valence-electron chi connectivity index (χ3n) is 6.68. The Kier molecular flexibility index (Phi) is 9.04. The first kappa shape index (κ1) is 27.3. The third kappa shape index (κ3) is 8.41. The summed E-state index contributed by atoms with van der Waals surface area (Å²) in [5, 5.41) is 0. The van der Waals surface area contributed by atoms with E-state index in [1.54, 1.807) is 12.1 Å². The van der Waals surface area contributed by atoms with Crippen molar-refractivity contribution in [3.05, 3.63) is 65.5 Å². The number of rotatable bonds is 9. The van der Waals surface area contributed by atoms with Gasteiger partial charge in [0.2, 0.25) is 5.91 Å². The lowest BCUT2D eigenvalue weighted by molar-refractivity contribution is -0.274. The van der Waals surface area contributed by atoms with Crippen molar-refractivity contribution < 1.29 is 36.6 Å². The second kappa shape index (κ2) is 12.2. The number of benzene rings is 2. The first-order chi connectivity index (χ1) is 17.6. The number of hydrogen-bond acceptors (Lipinski definition) is 5. The summed E-state index contributed by atoms with van der Waals surface area (Å²) in [7, 11) is 0. The molecule has 2 aromatic carbocycles. The summed E-state index contributed by atoms with van der Waals surface area (Å²) in [6.07, 6.45) is -2.41. The lowest BCUT2D eigenvalue weighted by Gasteiger charge is -2.39. The van der Waals surface area contributed by atoms with E-state index in [4.69, 9.17) is 9.47 Å². The number of carbonyl (C=O) groups is 1. The molecular formula is C27H32F4N2O4. The lowest BCUT2D eigenvalue weighted by atomic mass is 10.0. The van der Waals surface area contributed by atoms with Gasteiger partial charge in [-0.1, -0.05) is 24.3 Å². The van der Waals surface area contributed by atoms with Crippen LogP contribution in [0.5, 0.6) is 5.75 Å². The highest BCUT2D eigenvalue weighted by molar-refractivity contribution is 5.79. The molecule has 0 bridgehead atoms. The van der Waals surface area contributed by atoms with Crippen molar-refractivity contribution in [2.75, 3.05) is 26.2 Å². The molecule has 0 radical (unpaired) electrons. The van der Waals surface area contributed by atoms with Crippen LogP contribution in [0.2, 0.25) is 0 Å². The van der Waals surface area contributed by atoms with Crippen molar-refractivity contribution in [3.8, 4) is 5.75 Å². The molecule has 10 heteroatoms. The molecule has 1 amide bonds. The number of alkyl halides is 3. The molecule has 37 heavy (non-hydrogen) atoms. The van der Waals surface area contributed by atoms with Crippen LogP contribution in [0.25, 0.3) is 0 Å². The molecule has 0 saturated carbocycles. The van der Waals surface area contributed by atoms with E-state index >= 15 is 0 Å². The Bertz CT molecular complexity index is 1010. The topological polar surface area (TPSA) is 51.2 Å². The number of nitrogens with zero attached hydrogens (tertiary/aromatic N) is 2. The zero-order chi connectivity index (χ0) is 26.4. The number of ether oxygens (including phenoxy) is 3. The van der Waals surface area contributed by atoms with Gasteiger partial charge in [0, 0.05) is 38.6 Å². The Morgan fingerprint density at radius 3 is 2.30 bits per heavy atom. The molecule has 2 aliphatic heterocycles. The number of halogens is 4. The molecule has 0 N–H and O–H groups in total. The van der Waals surface area contributed by atoms with Crippen LogP contribution < -0.4 is 4.74 Å². The maximum atomic E-state index is 13.4. The minimum absolute atomic E-state index is 0.000594. The Hall–Kier alpha value is -2.69. The summed E-state index contributed by atoms with van der Waals surface area (Å²) in [6.45, 7) is 5.43. The highest BCUT2D eigenvalue weighted by Gasteiger charge is 2.32. The summed E-state index contributed by atoms with van der Waals surface area (Å²) in [4.78, 5) is 17.6. The Balaban J connectivity index is 1.37. The zero-order valence-electron chi connectivity index (χ0n) is 20.8. The van der Waals surface area contributed by atoms with Crippen LogP contribution in [-0.2, 0) is 27.2 Å². The van der Waals surface area contributed by atoms with E-state index in [1.807, 2.05) is 11.8 Å². The standard InChI is InChI=1S/C27H32F4N2O4/c1-19-18-35-26(36-19)12-15-32-13-10-23(11-14-32)33(17-21-2-6-22(28)7-3-21)25(34)16-20-4-8-24(9-5-20)37-27(29,30)31/h2-9,19,23,26H,10-18H2,1H3. The van der Waals surface area contributed by atoms with Crippen LogP contribution in [0.4, 0.5) is 17.6 Å². The molecule has 2 unspecified atom stereocenters. The van der Waals surface area contributed by atoms with Gasteiger partial charge in [-0.25, -0.2) is 4.39 Å².